The molecule has 0 aromatic carbocycles. The lowest BCUT2D eigenvalue weighted by molar-refractivity contribution is 0.0499. The van der Waals surface area contributed by atoms with E-state index in [0.717, 1.165) is 9.35 Å². The molecule has 3 heterocycles. The summed E-state index contributed by atoms with van der Waals surface area (Å²) >= 11 is 5.03. The number of pyridine rings is 1. The lowest BCUT2D eigenvalue weighted by atomic mass is 10.3. The zero-order chi connectivity index (χ0) is 16.2. The second-order valence-electron chi connectivity index (χ2n) is 4.71. The van der Waals surface area contributed by atoms with Crippen LogP contribution in [-0.2, 0) is 18.1 Å². The number of fused-ring (bicyclic) bond motifs is 1. The van der Waals surface area contributed by atoms with Gasteiger partial charge in [0.1, 0.15) is 24.7 Å². The van der Waals surface area contributed by atoms with E-state index in [9.17, 15) is 0 Å². The fraction of sp³-hybridized carbons (Fsp3) is 0.286. The SMILES string of the molecule is Nc1cc(OCc2cc(Br)cs2)c2ncn(COCCO)c2n1. The molecule has 0 saturated carbocycles. The zero-order valence-electron chi connectivity index (χ0n) is 12.1. The molecule has 3 aromatic rings. The summed E-state index contributed by atoms with van der Waals surface area (Å²) in [5.41, 5.74) is 7.08. The number of imidazole rings is 1. The van der Waals surface area contributed by atoms with Gasteiger partial charge in [0, 0.05) is 20.8 Å². The van der Waals surface area contributed by atoms with Crippen molar-refractivity contribution in [2.24, 2.45) is 0 Å². The number of aromatic nitrogens is 3. The van der Waals surface area contributed by atoms with Gasteiger partial charge in [0.05, 0.1) is 19.5 Å². The molecule has 0 bridgehead atoms. The van der Waals surface area contributed by atoms with E-state index in [4.69, 9.17) is 20.3 Å². The zero-order valence-corrected chi connectivity index (χ0v) is 14.5. The highest BCUT2D eigenvalue weighted by Crippen LogP contribution is 2.27. The maximum atomic E-state index is 8.77. The molecule has 0 saturated heterocycles. The van der Waals surface area contributed by atoms with E-state index in [1.807, 2.05) is 11.4 Å². The molecule has 3 rings (SSSR count). The summed E-state index contributed by atoms with van der Waals surface area (Å²) in [6, 6.07) is 3.67. The molecule has 23 heavy (non-hydrogen) atoms. The molecule has 0 aliphatic heterocycles. The van der Waals surface area contributed by atoms with Crippen molar-refractivity contribution in [1.82, 2.24) is 14.5 Å². The maximum Gasteiger partial charge on any atom is 0.167 e. The van der Waals surface area contributed by atoms with E-state index in [0.29, 0.717) is 29.3 Å². The van der Waals surface area contributed by atoms with Gasteiger partial charge in [-0.05, 0) is 22.0 Å². The third-order valence-electron chi connectivity index (χ3n) is 3.02. The van der Waals surface area contributed by atoms with E-state index < -0.39 is 0 Å². The molecule has 122 valence electrons. The number of nitrogens with two attached hydrogens (primary N) is 1. The number of nitrogens with zero attached hydrogens (tertiary/aromatic N) is 3. The number of ether oxygens (including phenoxy) is 2. The molecule has 0 aliphatic carbocycles. The molecule has 7 nitrogen and oxygen atoms in total. The van der Waals surface area contributed by atoms with Gasteiger partial charge in [-0.15, -0.1) is 11.3 Å². The van der Waals surface area contributed by atoms with Crippen LogP contribution in [0.25, 0.3) is 11.2 Å². The average Bonchev–Trinajstić information content (AvgIpc) is 3.12. The molecular weight excluding hydrogens is 384 g/mol. The lowest BCUT2D eigenvalue weighted by Crippen LogP contribution is -2.06. The first-order valence-electron chi connectivity index (χ1n) is 6.83. The number of hydrogen-bond acceptors (Lipinski definition) is 7. The lowest BCUT2D eigenvalue weighted by Gasteiger charge is -2.08. The fourth-order valence-corrected chi connectivity index (χ4v) is 3.40. The Morgan fingerprint density at radius 1 is 1.39 bits per heavy atom. The van der Waals surface area contributed by atoms with Crippen molar-refractivity contribution in [3.63, 3.8) is 0 Å². The topological polar surface area (TPSA) is 95.4 Å². The fourth-order valence-electron chi connectivity index (χ4n) is 2.03. The molecule has 0 radical (unpaired) electrons. The third kappa shape index (κ3) is 3.81. The van der Waals surface area contributed by atoms with Gasteiger partial charge in [-0.25, -0.2) is 9.97 Å². The van der Waals surface area contributed by atoms with Crippen molar-refractivity contribution < 1.29 is 14.6 Å². The largest absolute Gasteiger partial charge is 0.486 e. The van der Waals surface area contributed by atoms with Crippen LogP contribution in [0.2, 0.25) is 0 Å². The van der Waals surface area contributed by atoms with Crippen molar-refractivity contribution in [2.45, 2.75) is 13.3 Å². The van der Waals surface area contributed by atoms with Gasteiger partial charge in [0.2, 0.25) is 0 Å². The Morgan fingerprint density at radius 3 is 3.00 bits per heavy atom. The number of anilines is 1. The van der Waals surface area contributed by atoms with E-state index in [2.05, 4.69) is 25.9 Å². The first-order valence-corrected chi connectivity index (χ1v) is 8.50. The minimum absolute atomic E-state index is 0.0348. The van der Waals surface area contributed by atoms with Crippen LogP contribution in [0, 0.1) is 0 Å². The second kappa shape index (κ2) is 7.26. The molecule has 0 aliphatic rings. The van der Waals surface area contributed by atoms with Crippen molar-refractivity contribution in [1.29, 1.82) is 0 Å². The van der Waals surface area contributed by atoms with E-state index in [1.54, 1.807) is 28.3 Å². The van der Waals surface area contributed by atoms with Gasteiger partial charge in [0.15, 0.2) is 11.4 Å². The first-order chi connectivity index (χ1) is 11.2. The van der Waals surface area contributed by atoms with E-state index in [-0.39, 0.29) is 19.9 Å². The quantitative estimate of drug-likeness (QED) is 0.593. The summed E-state index contributed by atoms with van der Waals surface area (Å²) < 4.78 is 13.9. The number of aliphatic hydroxyl groups is 1. The highest BCUT2D eigenvalue weighted by molar-refractivity contribution is 9.10. The average molecular weight is 399 g/mol. The standard InChI is InChI=1S/C14H15BrN4O3S/c15-9-3-10(23-6-9)5-22-11-4-12(16)18-14-13(11)17-7-19(14)8-21-2-1-20/h3-4,6-7,20H,1-2,5,8H2,(H2,16,18). The van der Waals surface area contributed by atoms with Gasteiger partial charge in [-0.1, -0.05) is 0 Å². The normalized spacial score (nSPS) is 11.2. The van der Waals surface area contributed by atoms with Gasteiger partial charge in [-0.3, -0.25) is 4.57 Å². The Balaban J connectivity index is 1.82. The molecule has 0 atom stereocenters. The van der Waals surface area contributed by atoms with Crippen LogP contribution >= 0.6 is 27.3 Å². The highest BCUT2D eigenvalue weighted by Gasteiger charge is 2.12. The highest BCUT2D eigenvalue weighted by atomic mass is 79.9. The van der Waals surface area contributed by atoms with Crippen molar-refractivity contribution in [3.8, 4) is 5.75 Å². The van der Waals surface area contributed by atoms with Crippen LogP contribution in [0.5, 0.6) is 5.75 Å². The summed E-state index contributed by atoms with van der Waals surface area (Å²) in [6.45, 7) is 0.888. The Morgan fingerprint density at radius 2 is 2.26 bits per heavy atom. The molecule has 0 fully saturated rings. The summed E-state index contributed by atoms with van der Waals surface area (Å²) in [7, 11) is 0. The van der Waals surface area contributed by atoms with Gasteiger partial charge in [-0.2, -0.15) is 0 Å². The summed E-state index contributed by atoms with van der Waals surface area (Å²) in [4.78, 5) is 9.70. The minimum atomic E-state index is -0.0348. The Hall–Kier alpha value is -1.68. The Bertz CT molecular complexity index is 805. The van der Waals surface area contributed by atoms with Crippen LogP contribution in [0.3, 0.4) is 0 Å². The van der Waals surface area contributed by atoms with Crippen molar-refractivity contribution >= 4 is 44.2 Å². The van der Waals surface area contributed by atoms with Crippen LogP contribution in [-0.4, -0.2) is 32.9 Å². The summed E-state index contributed by atoms with van der Waals surface area (Å²) in [5.74, 6) is 0.932. The minimum Gasteiger partial charge on any atom is -0.486 e. The van der Waals surface area contributed by atoms with Crippen LogP contribution in [0.4, 0.5) is 5.82 Å². The van der Waals surface area contributed by atoms with Crippen LogP contribution < -0.4 is 10.5 Å². The molecular formula is C14H15BrN4O3S. The van der Waals surface area contributed by atoms with Gasteiger partial charge in [0.25, 0.3) is 0 Å². The summed E-state index contributed by atoms with van der Waals surface area (Å²) in [6.07, 6.45) is 1.61. The summed E-state index contributed by atoms with van der Waals surface area (Å²) in [5, 5.41) is 10.8. The van der Waals surface area contributed by atoms with Gasteiger partial charge < -0.3 is 20.3 Å². The molecule has 9 heteroatoms. The Labute approximate surface area is 144 Å². The number of thiophene rings is 1. The number of hydrogen-bond donors (Lipinski definition) is 2. The molecule has 0 unspecified atom stereocenters. The van der Waals surface area contributed by atoms with E-state index >= 15 is 0 Å². The predicted octanol–water partition coefficient (Wildman–Crippen LogP) is 2.38. The molecule has 3 aromatic heterocycles. The molecule has 3 N–H and O–H groups in total. The van der Waals surface area contributed by atoms with Crippen molar-refractivity contribution in [3.05, 3.63) is 33.2 Å². The molecule has 0 amide bonds. The van der Waals surface area contributed by atoms with Gasteiger partial charge >= 0.3 is 0 Å². The van der Waals surface area contributed by atoms with Crippen LogP contribution in [0.15, 0.2) is 28.3 Å². The second-order valence-corrected chi connectivity index (χ2v) is 6.62. The smallest absolute Gasteiger partial charge is 0.167 e. The molecule has 0 spiro atoms. The van der Waals surface area contributed by atoms with Crippen LogP contribution in [0.1, 0.15) is 4.88 Å². The third-order valence-corrected chi connectivity index (χ3v) is 4.69. The van der Waals surface area contributed by atoms with E-state index in [1.165, 1.54) is 0 Å². The number of nitrogen functional groups attached to an aromatic ring is 1. The Kier molecular flexibility index (Phi) is 5.11. The monoisotopic (exact) mass is 398 g/mol. The maximum absolute atomic E-state index is 8.77. The van der Waals surface area contributed by atoms with Crippen molar-refractivity contribution in [2.75, 3.05) is 18.9 Å². The first kappa shape index (κ1) is 16.2. The number of rotatable bonds is 7. The predicted molar refractivity (Wildman–Crippen MR) is 91.3 cm³/mol. The number of aliphatic hydroxyl groups excluding tert-OH is 1. The number of halogens is 1.